The molecule has 0 unspecified atom stereocenters. The van der Waals surface area contributed by atoms with Crippen molar-refractivity contribution in [1.82, 2.24) is 0 Å². The third-order valence-corrected chi connectivity index (χ3v) is 4.04. The molecule has 1 aromatic carbocycles. The van der Waals surface area contributed by atoms with E-state index in [0.29, 0.717) is 6.10 Å². The Morgan fingerprint density at radius 1 is 1.14 bits per heavy atom. The van der Waals surface area contributed by atoms with Crippen LogP contribution in [0.2, 0.25) is 0 Å². The molecule has 0 aliphatic heterocycles. The molecule has 1 amide bonds. The number of benzene rings is 1. The van der Waals surface area contributed by atoms with E-state index < -0.39 is 0 Å². The fraction of sp³-hybridized carbons (Fsp3) is 0.611. The third-order valence-electron chi connectivity index (χ3n) is 4.04. The van der Waals surface area contributed by atoms with Crippen LogP contribution >= 0.6 is 0 Å². The smallest absolute Gasteiger partial charge is 0.221 e. The normalized spacial score (nSPS) is 14.7. The van der Waals surface area contributed by atoms with Crippen LogP contribution in [-0.4, -0.2) is 18.6 Å². The first-order valence-electron chi connectivity index (χ1n) is 8.22. The van der Waals surface area contributed by atoms with Crippen LogP contribution in [0.5, 0.6) is 0 Å². The second-order valence-electron chi connectivity index (χ2n) is 5.97. The van der Waals surface area contributed by atoms with Crippen molar-refractivity contribution >= 4 is 11.6 Å². The Labute approximate surface area is 128 Å². The van der Waals surface area contributed by atoms with Crippen LogP contribution in [0.3, 0.4) is 0 Å². The molecule has 0 bridgehead atoms. The minimum absolute atomic E-state index is 0.0214. The van der Waals surface area contributed by atoms with Gasteiger partial charge in [0.15, 0.2) is 0 Å². The predicted octanol–water partition coefficient (Wildman–Crippen LogP) is 4.32. The van der Waals surface area contributed by atoms with E-state index in [0.717, 1.165) is 18.7 Å². The van der Waals surface area contributed by atoms with Gasteiger partial charge < -0.3 is 10.1 Å². The van der Waals surface area contributed by atoms with Crippen molar-refractivity contribution in [2.24, 2.45) is 0 Å². The van der Waals surface area contributed by atoms with Crippen molar-refractivity contribution in [2.75, 3.05) is 11.9 Å². The van der Waals surface area contributed by atoms with Gasteiger partial charge in [0, 0.05) is 19.2 Å². The number of carbonyl (C=O) groups excluding carboxylic acids is 1. The Kier molecular flexibility index (Phi) is 6.74. The minimum atomic E-state index is -0.0214. The lowest BCUT2D eigenvalue weighted by Gasteiger charge is -2.25. The maximum absolute atomic E-state index is 10.9. The Bertz CT molecular complexity index is 423. The van der Waals surface area contributed by atoms with Crippen LogP contribution in [0, 0.1) is 0 Å². The molecule has 116 valence electrons. The summed E-state index contributed by atoms with van der Waals surface area (Å²) in [4.78, 5) is 10.9. The second kappa shape index (κ2) is 8.83. The van der Waals surface area contributed by atoms with Crippen LogP contribution in [0.15, 0.2) is 24.3 Å². The first-order valence-corrected chi connectivity index (χ1v) is 8.22. The minimum Gasteiger partial charge on any atom is -0.378 e. The van der Waals surface area contributed by atoms with Crippen LogP contribution in [0.25, 0.3) is 0 Å². The molecule has 2 rings (SSSR count). The lowest BCUT2D eigenvalue weighted by Crippen LogP contribution is -2.21. The van der Waals surface area contributed by atoms with Gasteiger partial charge in [-0.05, 0) is 56.2 Å². The molecule has 0 heterocycles. The van der Waals surface area contributed by atoms with E-state index in [2.05, 4.69) is 17.4 Å². The number of rotatable bonds is 9. The number of unbranched alkanes of at least 4 members (excludes halogenated alkanes) is 3. The number of ether oxygens (including phenoxy) is 1. The van der Waals surface area contributed by atoms with E-state index in [1.54, 1.807) is 0 Å². The van der Waals surface area contributed by atoms with E-state index in [9.17, 15) is 4.79 Å². The Morgan fingerprint density at radius 2 is 1.86 bits per heavy atom. The second-order valence-corrected chi connectivity index (χ2v) is 5.97. The average molecular weight is 289 g/mol. The molecule has 0 aromatic heterocycles. The summed E-state index contributed by atoms with van der Waals surface area (Å²) >= 11 is 0. The zero-order valence-corrected chi connectivity index (χ0v) is 13.1. The maximum atomic E-state index is 10.9. The highest BCUT2D eigenvalue weighted by molar-refractivity contribution is 5.88. The fourth-order valence-electron chi connectivity index (χ4n) is 2.53. The van der Waals surface area contributed by atoms with Crippen LogP contribution in [0.4, 0.5) is 5.69 Å². The average Bonchev–Trinajstić information content (AvgIpc) is 2.41. The van der Waals surface area contributed by atoms with Gasteiger partial charge in [0.2, 0.25) is 5.91 Å². The Hall–Kier alpha value is -1.35. The number of nitrogens with one attached hydrogen (secondary N) is 1. The monoisotopic (exact) mass is 289 g/mol. The molecule has 3 heteroatoms. The maximum Gasteiger partial charge on any atom is 0.221 e. The van der Waals surface area contributed by atoms with Crippen LogP contribution in [0.1, 0.15) is 57.4 Å². The summed E-state index contributed by atoms with van der Waals surface area (Å²) in [7, 11) is 0. The molecule has 0 radical (unpaired) electrons. The van der Waals surface area contributed by atoms with Crippen molar-refractivity contribution in [3.8, 4) is 0 Å². The van der Waals surface area contributed by atoms with Crippen LogP contribution < -0.4 is 5.32 Å². The first kappa shape index (κ1) is 16.0. The Balaban J connectivity index is 1.50. The zero-order chi connectivity index (χ0) is 14.9. The van der Waals surface area contributed by atoms with Crippen molar-refractivity contribution < 1.29 is 9.53 Å². The fourth-order valence-corrected chi connectivity index (χ4v) is 2.53. The zero-order valence-electron chi connectivity index (χ0n) is 13.1. The van der Waals surface area contributed by atoms with Crippen molar-refractivity contribution in [1.29, 1.82) is 0 Å². The molecule has 0 atom stereocenters. The number of amides is 1. The summed E-state index contributed by atoms with van der Waals surface area (Å²) in [5, 5.41) is 2.79. The topological polar surface area (TPSA) is 38.3 Å². The van der Waals surface area contributed by atoms with Crippen molar-refractivity contribution in [2.45, 2.75) is 64.4 Å². The standard InChI is InChI=1S/C18H27NO2/c1-15(20)19-17-12-10-16(11-13-17)7-4-2-3-5-14-21-18-8-6-9-18/h10-13,18H,2-9,14H2,1H3,(H,19,20). The van der Waals surface area contributed by atoms with Gasteiger partial charge in [-0.2, -0.15) is 0 Å². The lowest BCUT2D eigenvalue weighted by molar-refractivity contribution is -0.114. The highest BCUT2D eigenvalue weighted by Gasteiger charge is 2.16. The largest absolute Gasteiger partial charge is 0.378 e. The molecule has 1 saturated carbocycles. The summed E-state index contributed by atoms with van der Waals surface area (Å²) in [5.41, 5.74) is 2.22. The highest BCUT2D eigenvalue weighted by atomic mass is 16.5. The SMILES string of the molecule is CC(=O)Nc1ccc(CCCCCCOC2CCC2)cc1. The van der Waals surface area contributed by atoms with E-state index in [1.807, 2.05) is 12.1 Å². The molecule has 21 heavy (non-hydrogen) atoms. The van der Waals surface area contributed by atoms with E-state index >= 15 is 0 Å². The van der Waals surface area contributed by atoms with Gasteiger partial charge in [-0.15, -0.1) is 0 Å². The van der Waals surface area contributed by atoms with Gasteiger partial charge >= 0.3 is 0 Å². The quantitative estimate of drug-likeness (QED) is 0.688. The molecular weight excluding hydrogens is 262 g/mol. The third kappa shape index (κ3) is 6.30. The molecule has 1 aromatic rings. The van der Waals surface area contributed by atoms with E-state index in [-0.39, 0.29) is 5.91 Å². The highest BCUT2D eigenvalue weighted by Crippen LogP contribution is 2.22. The van der Waals surface area contributed by atoms with Gasteiger partial charge in [0.1, 0.15) is 0 Å². The summed E-state index contributed by atoms with van der Waals surface area (Å²) < 4.78 is 5.75. The molecule has 1 N–H and O–H groups in total. The molecule has 1 aliphatic carbocycles. The number of aryl methyl sites for hydroxylation is 1. The summed E-state index contributed by atoms with van der Waals surface area (Å²) in [5.74, 6) is -0.0214. The van der Waals surface area contributed by atoms with Gasteiger partial charge in [0.05, 0.1) is 6.10 Å². The molecular formula is C18H27NO2. The number of hydrogen-bond acceptors (Lipinski definition) is 2. The summed E-state index contributed by atoms with van der Waals surface area (Å²) in [6.45, 7) is 2.47. The van der Waals surface area contributed by atoms with E-state index in [4.69, 9.17) is 4.74 Å². The molecule has 1 fully saturated rings. The molecule has 1 aliphatic rings. The van der Waals surface area contributed by atoms with Crippen molar-refractivity contribution in [3.63, 3.8) is 0 Å². The van der Waals surface area contributed by atoms with Crippen LogP contribution in [-0.2, 0) is 16.0 Å². The van der Waals surface area contributed by atoms with Gasteiger partial charge in [-0.3, -0.25) is 4.79 Å². The number of anilines is 1. The summed E-state index contributed by atoms with van der Waals surface area (Å²) in [6.07, 6.45) is 10.5. The lowest BCUT2D eigenvalue weighted by atomic mass is 9.96. The molecule has 0 spiro atoms. The van der Waals surface area contributed by atoms with Gasteiger partial charge in [-0.1, -0.05) is 25.0 Å². The summed E-state index contributed by atoms with van der Waals surface area (Å²) in [6, 6.07) is 8.16. The number of hydrogen-bond donors (Lipinski definition) is 1. The Morgan fingerprint density at radius 3 is 2.48 bits per heavy atom. The first-order chi connectivity index (χ1) is 10.2. The molecule has 0 saturated heterocycles. The van der Waals surface area contributed by atoms with Gasteiger partial charge in [-0.25, -0.2) is 0 Å². The number of carbonyl (C=O) groups is 1. The van der Waals surface area contributed by atoms with Crippen molar-refractivity contribution in [3.05, 3.63) is 29.8 Å². The molecule has 3 nitrogen and oxygen atoms in total. The van der Waals surface area contributed by atoms with E-state index in [1.165, 1.54) is 57.4 Å². The predicted molar refractivity (Wildman–Crippen MR) is 86.5 cm³/mol. The van der Waals surface area contributed by atoms with Gasteiger partial charge in [0.25, 0.3) is 0 Å².